The van der Waals surface area contributed by atoms with Crippen LogP contribution >= 0.6 is 0 Å². The second-order valence-corrected chi connectivity index (χ2v) is 1.80. The molecule has 0 aromatic heterocycles. The van der Waals surface area contributed by atoms with Crippen molar-refractivity contribution >= 4 is 9.05 Å². The molecular weight excluding hydrogens is 317 g/mol. The number of hydrogen-bond acceptors (Lipinski definition) is 4. The first-order valence-electron chi connectivity index (χ1n) is 0.894. The van der Waals surface area contributed by atoms with Crippen molar-refractivity contribution in [3.05, 3.63) is 0 Å². The third-order valence-electron chi connectivity index (χ3n) is 0. The van der Waals surface area contributed by atoms with E-state index in [0.717, 1.165) is 0 Å². The Balaban J connectivity index is -0.0000000800. The van der Waals surface area contributed by atoms with Crippen LogP contribution in [0.2, 0.25) is 0 Å². The molecule has 0 amide bonds. The summed E-state index contributed by atoms with van der Waals surface area (Å²) in [6.45, 7) is 0. The van der Waals surface area contributed by atoms with Crippen LogP contribution in [0.15, 0.2) is 0 Å². The van der Waals surface area contributed by atoms with Gasteiger partial charge in [0.15, 0.2) is 0 Å². The standard InChI is InChI=1S/2Cd.H4O4Si/c;;1-5(2,3)4/h;;1-4H. The molecule has 7 heavy (non-hydrogen) atoms. The molecule has 0 saturated heterocycles. The molecule has 0 saturated carbocycles. The van der Waals surface area contributed by atoms with Crippen molar-refractivity contribution in [1.29, 1.82) is 0 Å². The zero-order valence-electron chi connectivity index (χ0n) is 3.70. The maximum Gasteiger partial charge on any atom is 0.668 e. The number of hydrogen-bond donors (Lipinski definition) is 4. The largest absolute Gasteiger partial charge is 0.668 e. The van der Waals surface area contributed by atoms with Gasteiger partial charge >= 0.3 is 9.05 Å². The minimum atomic E-state index is -4.61. The van der Waals surface area contributed by atoms with Gasteiger partial charge in [0.25, 0.3) is 0 Å². The summed E-state index contributed by atoms with van der Waals surface area (Å²) in [7, 11) is -4.61. The van der Waals surface area contributed by atoms with Gasteiger partial charge in [0.1, 0.15) is 0 Å². The van der Waals surface area contributed by atoms with Crippen molar-refractivity contribution in [3.8, 4) is 0 Å². The third kappa shape index (κ3) is 76.1. The smallest absolute Gasteiger partial charge is 0.368 e. The van der Waals surface area contributed by atoms with Gasteiger partial charge in [0.05, 0.1) is 0 Å². The summed E-state index contributed by atoms with van der Waals surface area (Å²) in [5.41, 5.74) is 0. The molecule has 0 aromatic carbocycles. The second-order valence-electron chi connectivity index (χ2n) is 0.600. The van der Waals surface area contributed by atoms with Crippen LogP contribution in [0.5, 0.6) is 0 Å². The minimum Gasteiger partial charge on any atom is -0.368 e. The quantitative estimate of drug-likeness (QED) is 0.369. The molecule has 0 spiro atoms. The molecule has 0 aliphatic heterocycles. The summed E-state index contributed by atoms with van der Waals surface area (Å²) in [6.07, 6.45) is 0. The summed E-state index contributed by atoms with van der Waals surface area (Å²) in [6, 6.07) is 0. The van der Waals surface area contributed by atoms with Crippen LogP contribution in [-0.4, -0.2) is 28.2 Å². The first-order valence-corrected chi connectivity index (χ1v) is 2.68. The van der Waals surface area contributed by atoms with Crippen LogP contribution in [0, 0.1) is 0 Å². The van der Waals surface area contributed by atoms with Gasteiger partial charge in [-0.3, -0.25) is 0 Å². The van der Waals surface area contributed by atoms with Gasteiger partial charge in [-0.1, -0.05) is 0 Å². The normalized spacial score (nSPS) is 8.57. The molecule has 0 atom stereocenters. The molecule has 0 unspecified atom stereocenters. The van der Waals surface area contributed by atoms with Gasteiger partial charge in [-0.15, -0.1) is 0 Å². The van der Waals surface area contributed by atoms with E-state index in [1.54, 1.807) is 0 Å². The van der Waals surface area contributed by atoms with E-state index in [4.69, 9.17) is 19.2 Å². The van der Waals surface area contributed by atoms with E-state index in [9.17, 15) is 0 Å². The van der Waals surface area contributed by atoms with Crippen LogP contribution < -0.4 is 0 Å². The van der Waals surface area contributed by atoms with Crippen LogP contribution in [0.25, 0.3) is 0 Å². The molecule has 0 heterocycles. The molecule has 0 rings (SSSR count). The van der Waals surface area contributed by atoms with Gasteiger partial charge in [-0.25, -0.2) is 0 Å². The topological polar surface area (TPSA) is 80.9 Å². The Morgan fingerprint density at radius 2 is 0.714 bits per heavy atom. The average Bonchev–Trinajstić information content (AvgIpc) is 0.722. The average molecular weight is 321 g/mol. The van der Waals surface area contributed by atoms with Crippen molar-refractivity contribution in [2.75, 3.05) is 0 Å². The molecule has 0 fully saturated rings. The maximum atomic E-state index is 7.33. The van der Waals surface area contributed by atoms with Crippen LogP contribution in [0.3, 0.4) is 0 Å². The van der Waals surface area contributed by atoms with E-state index in [0.29, 0.717) is 0 Å². The summed E-state index contributed by atoms with van der Waals surface area (Å²) < 4.78 is 0. The summed E-state index contributed by atoms with van der Waals surface area (Å²) >= 11 is 0. The molecule has 0 radical (unpaired) electrons. The van der Waals surface area contributed by atoms with Gasteiger partial charge in [0, 0.05) is 54.6 Å². The van der Waals surface area contributed by atoms with E-state index in [2.05, 4.69) is 0 Å². The van der Waals surface area contributed by atoms with Crippen molar-refractivity contribution in [3.63, 3.8) is 0 Å². The molecule has 7 heteroatoms. The van der Waals surface area contributed by atoms with Crippen LogP contribution in [0.1, 0.15) is 0 Å². The predicted molar refractivity (Wildman–Crippen MR) is 14.6 cm³/mol. The fraction of sp³-hybridized carbons (Fsp3) is 0. The molecule has 4 nitrogen and oxygen atoms in total. The summed E-state index contributed by atoms with van der Waals surface area (Å²) in [5, 5.41) is 0. The Hall–Kier alpha value is 1.90. The molecule has 0 bridgehead atoms. The van der Waals surface area contributed by atoms with Crippen molar-refractivity contribution < 1.29 is 73.8 Å². The fourth-order valence-corrected chi connectivity index (χ4v) is 0. The predicted octanol–water partition coefficient (Wildman–Crippen LogP) is -2.61. The third-order valence-corrected chi connectivity index (χ3v) is 0. The van der Waals surface area contributed by atoms with Crippen molar-refractivity contribution in [1.82, 2.24) is 0 Å². The molecule has 4 N–H and O–H groups in total. The summed E-state index contributed by atoms with van der Waals surface area (Å²) in [5.74, 6) is 0. The van der Waals surface area contributed by atoms with E-state index in [1.165, 1.54) is 0 Å². The molecule has 36 valence electrons. The Morgan fingerprint density at radius 3 is 0.714 bits per heavy atom. The first-order chi connectivity index (χ1) is 2.00. The fourth-order valence-electron chi connectivity index (χ4n) is 0. The molecule has 0 aliphatic carbocycles. The van der Waals surface area contributed by atoms with E-state index < -0.39 is 9.05 Å². The Labute approximate surface area is 82.0 Å². The zero-order chi connectivity index (χ0) is 4.50. The molecular formula is H4Cd2O4Si. The van der Waals surface area contributed by atoms with Crippen molar-refractivity contribution in [2.45, 2.75) is 0 Å². The van der Waals surface area contributed by atoms with E-state index in [1.807, 2.05) is 0 Å². The van der Waals surface area contributed by atoms with Crippen molar-refractivity contribution in [2.24, 2.45) is 0 Å². The maximum absolute atomic E-state index is 7.33. The number of rotatable bonds is 0. The van der Waals surface area contributed by atoms with Gasteiger partial charge in [0.2, 0.25) is 0 Å². The Kier molecular flexibility index (Phi) is 13.7. The van der Waals surface area contributed by atoms with E-state index in [-0.39, 0.29) is 54.6 Å². The Morgan fingerprint density at radius 1 is 0.714 bits per heavy atom. The summed E-state index contributed by atoms with van der Waals surface area (Å²) in [4.78, 5) is 29.3. The van der Waals surface area contributed by atoms with Crippen LogP contribution in [0.4, 0.5) is 0 Å². The Bertz CT molecular complexity index is 25.2. The molecule has 0 aromatic rings. The zero-order valence-corrected chi connectivity index (χ0v) is 12.8. The van der Waals surface area contributed by atoms with E-state index >= 15 is 0 Å². The van der Waals surface area contributed by atoms with Crippen LogP contribution in [-0.2, 0) is 54.6 Å². The SMILES string of the molecule is O[Si](O)(O)O.[Cd].[Cd]. The second kappa shape index (κ2) is 6.03. The molecule has 0 aliphatic rings. The monoisotopic (exact) mass is 324 g/mol. The van der Waals surface area contributed by atoms with Gasteiger partial charge < -0.3 is 19.2 Å². The van der Waals surface area contributed by atoms with Gasteiger partial charge in [-0.05, 0) is 0 Å². The first kappa shape index (κ1) is 16.0. The van der Waals surface area contributed by atoms with Gasteiger partial charge in [-0.2, -0.15) is 0 Å². The minimum absolute atomic E-state index is 0.